The van der Waals surface area contributed by atoms with Crippen LogP contribution in [0.3, 0.4) is 0 Å². The van der Waals surface area contributed by atoms with E-state index in [1.165, 1.54) is 0 Å². The second-order valence-corrected chi connectivity index (χ2v) is 6.33. The maximum atomic E-state index is 6.21. The van der Waals surface area contributed by atoms with Crippen molar-refractivity contribution in [3.8, 4) is 0 Å². The van der Waals surface area contributed by atoms with E-state index >= 15 is 0 Å². The van der Waals surface area contributed by atoms with Crippen molar-refractivity contribution in [2.45, 2.75) is 32.1 Å². The van der Waals surface area contributed by atoms with Crippen molar-refractivity contribution >= 4 is 27.5 Å². The first-order chi connectivity index (χ1) is 10.1. The maximum Gasteiger partial charge on any atom is 0.0980 e. The zero-order valence-electron chi connectivity index (χ0n) is 11.9. The molecule has 21 heavy (non-hydrogen) atoms. The van der Waals surface area contributed by atoms with Crippen LogP contribution in [0.2, 0.25) is 5.02 Å². The van der Waals surface area contributed by atoms with Gasteiger partial charge in [0.15, 0.2) is 0 Å². The number of hydrogen-bond acceptors (Lipinski definition) is 2. The molecule has 0 radical (unpaired) electrons. The van der Waals surface area contributed by atoms with Gasteiger partial charge in [-0.1, -0.05) is 58.7 Å². The van der Waals surface area contributed by atoms with Crippen LogP contribution in [-0.4, -0.2) is 6.04 Å². The summed E-state index contributed by atoms with van der Waals surface area (Å²) in [5, 5.41) is 0.718. The highest BCUT2D eigenvalue weighted by Gasteiger charge is 2.19. The molecule has 0 aliphatic rings. The molecule has 2 atom stereocenters. The molecule has 0 aromatic heterocycles. The van der Waals surface area contributed by atoms with Gasteiger partial charge in [0.05, 0.1) is 12.7 Å². The fourth-order valence-corrected chi connectivity index (χ4v) is 2.49. The standard InChI is InChI=1S/C17H19BrClNO/c1-2-16(20)17(13-5-9-15(19)10-6-13)21-11-12-3-7-14(18)8-4-12/h3-10,16-17H,2,11,20H2,1H3. The fraction of sp³-hybridized carbons (Fsp3) is 0.294. The summed E-state index contributed by atoms with van der Waals surface area (Å²) in [6.45, 7) is 2.60. The van der Waals surface area contributed by atoms with Gasteiger partial charge < -0.3 is 10.5 Å². The Bertz CT molecular complexity index is 556. The predicted molar refractivity (Wildman–Crippen MR) is 91.4 cm³/mol. The van der Waals surface area contributed by atoms with E-state index in [1.807, 2.05) is 48.5 Å². The third kappa shape index (κ3) is 4.82. The van der Waals surface area contributed by atoms with Crippen LogP contribution in [0.15, 0.2) is 53.0 Å². The molecule has 2 aromatic carbocycles. The first-order valence-corrected chi connectivity index (χ1v) is 8.14. The maximum absolute atomic E-state index is 6.21. The fourth-order valence-electron chi connectivity index (χ4n) is 2.10. The Labute approximate surface area is 139 Å². The zero-order valence-corrected chi connectivity index (χ0v) is 14.3. The van der Waals surface area contributed by atoms with Crippen LogP contribution in [0, 0.1) is 0 Å². The van der Waals surface area contributed by atoms with Crippen LogP contribution in [-0.2, 0) is 11.3 Å². The van der Waals surface area contributed by atoms with E-state index in [2.05, 4.69) is 22.9 Å². The van der Waals surface area contributed by atoms with Crippen LogP contribution in [0.5, 0.6) is 0 Å². The molecular formula is C17H19BrClNO. The number of rotatable bonds is 6. The highest BCUT2D eigenvalue weighted by atomic mass is 79.9. The SMILES string of the molecule is CCC(N)C(OCc1ccc(Br)cc1)c1ccc(Cl)cc1. The molecule has 0 fully saturated rings. The molecular weight excluding hydrogens is 350 g/mol. The van der Waals surface area contributed by atoms with Crippen LogP contribution in [0.1, 0.15) is 30.6 Å². The van der Waals surface area contributed by atoms with Crippen molar-refractivity contribution < 1.29 is 4.74 Å². The lowest BCUT2D eigenvalue weighted by molar-refractivity contribution is 0.0212. The van der Waals surface area contributed by atoms with Gasteiger partial charge in [-0.2, -0.15) is 0 Å². The molecule has 0 amide bonds. The molecule has 2 nitrogen and oxygen atoms in total. The molecule has 4 heteroatoms. The minimum atomic E-state index is -0.129. The van der Waals surface area contributed by atoms with Crippen molar-refractivity contribution in [1.82, 2.24) is 0 Å². The molecule has 2 rings (SSSR count). The topological polar surface area (TPSA) is 35.2 Å². The number of nitrogens with two attached hydrogens (primary N) is 1. The summed E-state index contributed by atoms with van der Waals surface area (Å²) in [5.41, 5.74) is 8.40. The number of ether oxygens (including phenoxy) is 1. The molecule has 0 aliphatic heterocycles. The van der Waals surface area contributed by atoms with Crippen LogP contribution >= 0.6 is 27.5 Å². The van der Waals surface area contributed by atoms with Crippen LogP contribution in [0.4, 0.5) is 0 Å². The summed E-state index contributed by atoms with van der Waals surface area (Å²) in [7, 11) is 0. The molecule has 0 spiro atoms. The Balaban J connectivity index is 2.09. The van der Waals surface area contributed by atoms with E-state index in [1.54, 1.807) is 0 Å². The van der Waals surface area contributed by atoms with Crippen molar-refractivity contribution in [3.63, 3.8) is 0 Å². The molecule has 0 bridgehead atoms. The molecule has 0 saturated carbocycles. The second kappa shape index (κ2) is 7.95. The van der Waals surface area contributed by atoms with E-state index in [4.69, 9.17) is 22.1 Å². The normalized spacial score (nSPS) is 13.9. The third-order valence-electron chi connectivity index (χ3n) is 3.40. The molecule has 2 aromatic rings. The van der Waals surface area contributed by atoms with Gasteiger partial charge in [0, 0.05) is 15.5 Å². The Kier molecular flexibility index (Phi) is 6.24. The van der Waals surface area contributed by atoms with Gasteiger partial charge in [0.2, 0.25) is 0 Å². The average molecular weight is 369 g/mol. The first kappa shape index (κ1) is 16.5. The van der Waals surface area contributed by atoms with Gasteiger partial charge in [-0.25, -0.2) is 0 Å². The summed E-state index contributed by atoms with van der Waals surface area (Å²) in [4.78, 5) is 0. The Hall–Kier alpha value is -0.870. The quantitative estimate of drug-likeness (QED) is 0.770. The van der Waals surface area contributed by atoms with E-state index < -0.39 is 0 Å². The third-order valence-corrected chi connectivity index (χ3v) is 4.18. The lowest BCUT2D eigenvalue weighted by Gasteiger charge is -2.24. The average Bonchev–Trinajstić information content (AvgIpc) is 2.50. The van der Waals surface area contributed by atoms with Gasteiger partial charge in [-0.05, 0) is 41.8 Å². The molecule has 2 unspecified atom stereocenters. The van der Waals surface area contributed by atoms with Gasteiger partial charge in [-0.3, -0.25) is 0 Å². The number of benzene rings is 2. The van der Waals surface area contributed by atoms with E-state index in [0.717, 1.165) is 27.0 Å². The first-order valence-electron chi connectivity index (χ1n) is 6.97. The van der Waals surface area contributed by atoms with Crippen molar-refractivity contribution in [2.24, 2.45) is 5.73 Å². The number of halogens is 2. The Morgan fingerprint density at radius 1 is 1.10 bits per heavy atom. The minimum absolute atomic E-state index is 0.0402. The summed E-state index contributed by atoms with van der Waals surface area (Å²) in [5.74, 6) is 0. The van der Waals surface area contributed by atoms with Gasteiger partial charge in [-0.15, -0.1) is 0 Å². The van der Waals surface area contributed by atoms with Gasteiger partial charge in [0.25, 0.3) is 0 Å². The molecule has 0 aliphatic carbocycles. The van der Waals surface area contributed by atoms with Gasteiger partial charge >= 0.3 is 0 Å². The molecule has 2 N–H and O–H groups in total. The van der Waals surface area contributed by atoms with Crippen LogP contribution < -0.4 is 5.73 Å². The lowest BCUT2D eigenvalue weighted by atomic mass is 10.0. The summed E-state index contributed by atoms with van der Waals surface area (Å²) >= 11 is 9.37. The van der Waals surface area contributed by atoms with Gasteiger partial charge in [0.1, 0.15) is 0 Å². The van der Waals surface area contributed by atoms with Crippen molar-refractivity contribution in [1.29, 1.82) is 0 Å². The zero-order chi connectivity index (χ0) is 15.2. The number of hydrogen-bond donors (Lipinski definition) is 1. The molecule has 0 saturated heterocycles. The largest absolute Gasteiger partial charge is 0.367 e. The van der Waals surface area contributed by atoms with E-state index in [0.29, 0.717) is 6.61 Å². The Morgan fingerprint density at radius 2 is 1.71 bits per heavy atom. The van der Waals surface area contributed by atoms with E-state index in [9.17, 15) is 0 Å². The van der Waals surface area contributed by atoms with Crippen LogP contribution in [0.25, 0.3) is 0 Å². The molecule has 112 valence electrons. The van der Waals surface area contributed by atoms with Crippen molar-refractivity contribution in [2.75, 3.05) is 0 Å². The lowest BCUT2D eigenvalue weighted by Crippen LogP contribution is -2.29. The summed E-state index contributed by atoms with van der Waals surface area (Å²) in [6, 6.07) is 15.8. The van der Waals surface area contributed by atoms with Crippen molar-refractivity contribution in [3.05, 3.63) is 69.2 Å². The Morgan fingerprint density at radius 3 is 2.29 bits per heavy atom. The predicted octanol–water partition coefficient (Wildman–Crippen LogP) is 5.10. The summed E-state index contributed by atoms with van der Waals surface area (Å²) in [6.07, 6.45) is 0.726. The molecule has 0 heterocycles. The highest BCUT2D eigenvalue weighted by Crippen LogP contribution is 2.25. The second-order valence-electron chi connectivity index (χ2n) is 4.98. The monoisotopic (exact) mass is 367 g/mol. The summed E-state index contributed by atoms with van der Waals surface area (Å²) < 4.78 is 7.12. The highest BCUT2D eigenvalue weighted by molar-refractivity contribution is 9.10. The smallest absolute Gasteiger partial charge is 0.0980 e. The van der Waals surface area contributed by atoms with E-state index in [-0.39, 0.29) is 12.1 Å². The minimum Gasteiger partial charge on any atom is -0.367 e.